The molecule has 2 rings (SSSR count). The van der Waals surface area contributed by atoms with Gasteiger partial charge < -0.3 is 9.84 Å². The molecule has 0 amide bonds. The van der Waals surface area contributed by atoms with Crippen LogP contribution in [0.1, 0.15) is 25.1 Å². The van der Waals surface area contributed by atoms with E-state index >= 15 is 0 Å². The number of nitrogens with zero attached hydrogens (tertiary/aromatic N) is 2. The van der Waals surface area contributed by atoms with E-state index in [1.165, 1.54) is 0 Å². The van der Waals surface area contributed by atoms with E-state index in [1.54, 1.807) is 4.68 Å². The Morgan fingerprint density at radius 3 is 2.53 bits per heavy atom. The summed E-state index contributed by atoms with van der Waals surface area (Å²) < 4.78 is 7.59. The highest BCUT2D eigenvalue weighted by Gasteiger charge is 2.17. The second kappa shape index (κ2) is 5.89. The average Bonchev–Trinajstić information content (AvgIpc) is 2.73. The lowest BCUT2D eigenvalue weighted by molar-refractivity contribution is 0.235. The first-order valence-electron chi connectivity index (χ1n) is 6.51. The van der Waals surface area contributed by atoms with Gasteiger partial charge in [0.1, 0.15) is 0 Å². The lowest BCUT2D eigenvalue weighted by Gasteiger charge is -2.12. The van der Waals surface area contributed by atoms with E-state index in [1.807, 2.05) is 37.3 Å². The third-order valence-corrected chi connectivity index (χ3v) is 2.85. The Kier molecular flexibility index (Phi) is 4.22. The van der Waals surface area contributed by atoms with Crippen molar-refractivity contribution in [3.8, 4) is 11.6 Å². The zero-order valence-electron chi connectivity index (χ0n) is 11.6. The third kappa shape index (κ3) is 2.96. The molecule has 0 aliphatic heterocycles. The number of ether oxygens (including phenoxy) is 1. The van der Waals surface area contributed by atoms with Crippen molar-refractivity contribution in [3.63, 3.8) is 0 Å². The second-order valence-corrected chi connectivity index (χ2v) is 4.98. The number of para-hydroxylation sites is 1. The fourth-order valence-electron chi connectivity index (χ4n) is 1.86. The summed E-state index contributed by atoms with van der Waals surface area (Å²) in [4.78, 5) is 0. The molecule has 4 heteroatoms. The number of aliphatic hydroxyl groups excluding tert-OH is 1. The van der Waals surface area contributed by atoms with Crippen molar-refractivity contribution in [1.29, 1.82) is 0 Å². The van der Waals surface area contributed by atoms with Crippen LogP contribution in [0.25, 0.3) is 5.69 Å². The molecule has 0 aliphatic carbocycles. The molecule has 1 aromatic heterocycles. The summed E-state index contributed by atoms with van der Waals surface area (Å²) in [5, 5.41) is 14.0. The lowest BCUT2D eigenvalue weighted by Crippen LogP contribution is -2.09. The van der Waals surface area contributed by atoms with Crippen LogP contribution in [0.3, 0.4) is 0 Å². The van der Waals surface area contributed by atoms with E-state index in [0.29, 0.717) is 18.4 Å². The first kappa shape index (κ1) is 13.6. The van der Waals surface area contributed by atoms with E-state index in [2.05, 4.69) is 18.9 Å². The minimum absolute atomic E-state index is 0.0634. The molecule has 1 N–H and O–H groups in total. The van der Waals surface area contributed by atoms with Crippen LogP contribution >= 0.6 is 0 Å². The van der Waals surface area contributed by atoms with Crippen LogP contribution in [-0.2, 0) is 6.61 Å². The van der Waals surface area contributed by atoms with Crippen molar-refractivity contribution >= 4 is 0 Å². The monoisotopic (exact) mass is 260 g/mol. The van der Waals surface area contributed by atoms with Crippen molar-refractivity contribution in [2.45, 2.75) is 27.4 Å². The van der Waals surface area contributed by atoms with Crippen LogP contribution in [0.4, 0.5) is 0 Å². The molecule has 2 aromatic rings. The smallest absolute Gasteiger partial charge is 0.222 e. The van der Waals surface area contributed by atoms with Crippen LogP contribution in [0.2, 0.25) is 0 Å². The summed E-state index contributed by atoms with van der Waals surface area (Å²) in [5.41, 5.74) is 2.48. The predicted octanol–water partition coefficient (Wildman–Crippen LogP) is 2.71. The summed E-state index contributed by atoms with van der Waals surface area (Å²) >= 11 is 0. The molecule has 1 heterocycles. The highest BCUT2D eigenvalue weighted by Crippen LogP contribution is 2.26. The lowest BCUT2D eigenvalue weighted by atomic mass is 10.2. The van der Waals surface area contributed by atoms with E-state index in [9.17, 15) is 5.11 Å². The Bertz CT molecular complexity index is 533. The van der Waals surface area contributed by atoms with Crippen LogP contribution in [0.5, 0.6) is 5.88 Å². The number of aromatic nitrogens is 2. The van der Waals surface area contributed by atoms with Gasteiger partial charge in [0, 0.05) is 0 Å². The molecular formula is C15H20N2O2. The summed E-state index contributed by atoms with van der Waals surface area (Å²) in [6.45, 7) is 6.60. The van der Waals surface area contributed by atoms with Crippen LogP contribution < -0.4 is 4.74 Å². The number of hydrogen-bond donors (Lipinski definition) is 1. The molecule has 0 saturated heterocycles. The Labute approximate surface area is 113 Å². The van der Waals surface area contributed by atoms with Crippen LogP contribution in [-0.4, -0.2) is 21.5 Å². The molecule has 102 valence electrons. The van der Waals surface area contributed by atoms with Gasteiger partial charge in [-0.05, 0) is 25.0 Å². The highest BCUT2D eigenvalue weighted by atomic mass is 16.5. The van der Waals surface area contributed by atoms with Gasteiger partial charge >= 0.3 is 0 Å². The Balaban J connectivity index is 2.42. The van der Waals surface area contributed by atoms with Gasteiger partial charge in [-0.15, -0.1) is 0 Å². The van der Waals surface area contributed by atoms with Crippen molar-refractivity contribution in [1.82, 2.24) is 9.78 Å². The van der Waals surface area contributed by atoms with Crippen molar-refractivity contribution in [2.75, 3.05) is 6.61 Å². The Hall–Kier alpha value is -1.81. The summed E-state index contributed by atoms with van der Waals surface area (Å²) in [6.07, 6.45) is 0. The van der Waals surface area contributed by atoms with Gasteiger partial charge in [0.2, 0.25) is 5.88 Å². The number of rotatable bonds is 5. The van der Waals surface area contributed by atoms with Crippen LogP contribution in [0, 0.1) is 12.8 Å². The SMILES string of the molecule is Cc1nn(-c2ccccc2)c(OCC(C)C)c1CO. The number of benzene rings is 1. The second-order valence-electron chi connectivity index (χ2n) is 4.98. The van der Waals surface area contributed by atoms with E-state index < -0.39 is 0 Å². The number of hydrogen-bond acceptors (Lipinski definition) is 3. The maximum absolute atomic E-state index is 9.49. The number of aryl methyl sites for hydroxylation is 1. The molecule has 0 spiro atoms. The Morgan fingerprint density at radius 2 is 1.95 bits per heavy atom. The molecule has 0 unspecified atom stereocenters. The minimum Gasteiger partial charge on any atom is -0.477 e. The fraction of sp³-hybridized carbons (Fsp3) is 0.400. The van der Waals surface area contributed by atoms with Gasteiger partial charge in [0.15, 0.2) is 0 Å². The number of aliphatic hydroxyl groups is 1. The summed E-state index contributed by atoms with van der Waals surface area (Å²) in [5.74, 6) is 1.06. The molecular weight excluding hydrogens is 240 g/mol. The maximum Gasteiger partial charge on any atom is 0.222 e. The topological polar surface area (TPSA) is 47.3 Å². The molecule has 4 nitrogen and oxygen atoms in total. The summed E-state index contributed by atoms with van der Waals surface area (Å²) in [6, 6.07) is 9.81. The molecule has 19 heavy (non-hydrogen) atoms. The first-order chi connectivity index (χ1) is 9.13. The van der Waals surface area contributed by atoms with Gasteiger partial charge in [-0.2, -0.15) is 5.10 Å². The molecule has 1 aromatic carbocycles. The molecule has 0 bridgehead atoms. The fourth-order valence-corrected chi connectivity index (χ4v) is 1.86. The third-order valence-electron chi connectivity index (χ3n) is 2.85. The molecule has 0 fully saturated rings. The van der Waals surface area contributed by atoms with E-state index in [4.69, 9.17) is 4.74 Å². The Morgan fingerprint density at radius 1 is 1.26 bits per heavy atom. The van der Waals surface area contributed by atoms with Crippen molar-refractivity contribution in [3.05, 3.63) is 41.6 Å². The maximum atomic E-state index is 9.49. The summed E-state index contributed by atoms with van der Waals surface area (Å²) in [7, 11) is 0. The minimum atomic E-state index is -0.0634. The normalized spacial score (nSPS) is 11.0. The van der Waals surface area contributed by atoms with Crippen molar-refractivity contribution in [2.24, 2.45) is 5.92 Å². The average molecular weight is 260 g/mol. The first-order valence-corrected chi connectivity index (χ1v) is 6.51. The quantitative estimate of drug-likeness (QED) is 0.899. The van der Waals surface area contributed by atoms with Crippen molar-refractivity contribution < 1.29 is 9.84 Å². The van der Waals surface area contributed by atoms with Gasteiger partial charge in [-0.3, -0.25) is 0 Å². The zero-order chi connectivity index (χ0) is 13.8. The van der Waals surface area contributed by atoms with Gasteiger partial charge in [-0.1, -0.05) is 32.0 Å². The predicted molar refractivity (Wildman–Crippen MR) is 74.6 cm³/mol. The highest BCUT2D eigenvalue weighted by molar-refractivity contribution is 5.40. The molecule has 0 radical (unpaired) electrons. The van der Waals surface area contributed by atoms with Crippen LogP contribution in [0.15, 0.2) is 30.3 Å². The van der Waals surface area contributed by atoms with E-state index in [-0.39, 0.29) is 6.61 Å². The molecule has 0 aliphatic rings. The largest absolute Gasteiger partial charge is 0.477 e. The standard InChI is InChI=1S/C15H20N2O2/c1-11(2)10-19-15-14(9-18)12(3)16-17(15)13-7-5-4-6-8-13/h4-8,11,18H,9-10H2,1-3H3. The van der Waals surface area contributed by atoms with Gasteiger partial charge in [-0.25, -0.2) is 4.68 Å². The van der Waals surface area contributed by atoms with Gasteiger partial charge in [0.05, 0.1) is 30.2 Å². The van der Waals surface area contributed by atoms with E-state index in [0.717, 1.165) is 16.9 Å². The molecule has 0 saturated carbocycles. The van der Waals surface area contributed by atoms with Gasteiger partial charge in [0.25, 0.3) is 0 Å². The zero-order valence-corrected chi connectivity index (χ0v) is 11.6. The molecule has 0 atom stereocenters.